The van der Waals surface area contributed by atoms with Crippen LogP contribution < -0.4 is 10.6 Å². The van der Waals surface area contributed by atoms with Gasteiger partial charge in [0.25, 0.3) is 0 Å². The number of nitrogens with one attached hydrogen (secondary N) is 2. The quantitative estimate of drug-likeness (QED) is 0.548. The third-order valence-corrected chi connectivity index (χ3v) is 5.25. The molecule has 1 aliphatic carbocycles. The van der Waals surface area contributed by atoms with E-state index < -0.39 is 0 Å². The molecule has 5 rings (SSSR count). The zero-order valence-corrected chi connectivity index (χ0v) is 15.3. The van der Waals surface area contributed by atoms with Crippen LogP contribution in [0.5, 0.6) is 0 Å². The van der Waals surface area contributed by atoms with Crippen molar-refractivity contribution in [3.8, 4) is 0 Å². The SMILES string of the molecule is CNc1ccn2c(Sc3ccc4nc(NC(=O)C5CC5)cn4n3)nnc2c1. The third kappa shape index (κ3) is 3.08. The first-order valence-electron chi connectivity index (χ1n) is 8.57. The number of imidazole rings is 1. The van der Waals surface area contributed by atoms with Crippen molar-refractivity contribution in [1.29, 1.82) is 0 Å². The Morgan fingerprint density at radius 1 is 1.22 bits per heavy atom. The molecule has 0 aliphatic heterocycles. The molecule has 27 heavy (non-hydrogen) atoms. The molecular weight excluding hydrogens is 364 g/mol. The van der Waals surface area contributed by atoms with Gasteiger partial charge in [-0.1, -0.05) is 0 Å². The van der Waals surface area contributed by atoms with Crippen molar-refractivity contribution in [2.75, 3.05) is 17.7 Å². The minimum absolute atomic E-state index is 0.0314. The van der Waals surface area contributed by atoms with E-state index >= 15 is 0 Å². The summed E-state index contributed by atoms with van der Waals surface area (Å²) < 4.78 is 3.57. The Morgan fingerprint density at radius 2 is 2.11 bits per heavy atom. The molecule has 1 amide bonds. The first-order chi connectivity index (χ1) is 13.2. The highest BCUT2D eigenvalue weighted by molar-refractivity contribution is 7.99. The van der Waals surface area contributed by atoms with Crippen molar-refractivity contribution < 1.29 is 4.79 Å². The number of hydrogen-bond acceptors (Lipinski definition) is 7. The summed E-state index contributed by atoms with van der Waals surface area (Å²) in [6, 6.07) is 7.63. The molecule has 0 bridgehead atoms. The van der Waals surface area contributed by atoms with Gasteiger partial charge >= 0.3 is 0 Å². The number of amides is 1. The lowest BCUT2D eigenvalue weighted by Crippen LogP contribution is -2.13. The van der Waals surface area contributed by atoms with Gasteiger partial charge in [0.15, 0.2) is 17.1 Å². The number of hydrogen-bond donors (Lipinski definition) is 2. The molecule has 9 nitrogen and oxygen atoms in total. The number of carbonyl (C=O) groups is 1. The van der Waals surface area contributed by atoms with Gasteiger partial charge in [0.1, 0.15) is 5.03 Å². The van der Waals surface area contributed by atoms with Crippen LogP contribution in [0.3, 0.4) is 0 Å². The summed E-state index contributed by atoms with van der Waals surface area (Å²) in [5.41, 5.74) is 2.42. The maximum atomic E-state index is 11.9. The van der Waals surface area contributed by atoms with E-state index in [4.69, 9.17) is 0 Å². The first kappa shape index (κ1) is 16.1. The molecule has 0 radical (unpaired) electrons. The molecule has 4 aromatic heterocycles. The smallest absolute Gasteiger partial charge is 0.228 e. The molecule has 1 saturated carbocycles. The van der Waals surface area contributed by atoms with Gasteiger partial charge in [-0.3, -0.25) is 9.20 Å². The van der Waals surface area contributed by atoms with E-state index in [1.165, 1.54) is 11.8 Å². The fraction of sp³-hybridized carbons (Fsp3) is 0.235. The van der Waals surface area contributed by atoms with Gasteiger partial charge in [0, 0.05) is 30.9 Å². The summed E-state index contributed by atoms with van der Waals surface area (Å²) in [5, 5.41) is 20.4. The van der Waals surface area contributed by atoms with E-state index in [9.17, 15) is 4.79 Å². The van der Waals surface area contributed by atoms with Crippen LogP contribution in [0, 0.1) is 5.92 Å². The molecule has 0 spiro atoms. The van der Waals surface area contributed by atoms with Crippen LogP contribution >= 0.6 is 11.8 Å². The summed E-state index contributed by atoms with van der Waals surface area (Å²) in [4.78, 5) is 16.3. The number of nitrogens with zero attached hydrogens (tertiary/aromatic N) is 6. The third-order valence-electron chi connectivity index (χ3n) is 4.36. The van der Waals surface area contributed by atoms with E-state index in [2.05, 4.69) is 30.9 Å². The van der Waals surface area contributed by atoms with Crippen LogP contribution in [-0.2, 0) is 4.79 Å². The minimum atomic E-state index is 0.0314. The van der Waals surface area contributed by atoms with Gasteiger partial charge in [0.05, 0.1) is 6.20 Å². The van der Waals surface area contributed by atoms with E-state index in [-0.39, 0.29) is 11.8 Å². The molecule has 10 heteroatoms. The normalized spacial score (nSPS) is 14.0. The number of fused-ring (bicyclic) bond motifs is 2. The van der Waals surface area contributed by atoms with Crippen LogP contribution in [0.25, 0.3) is 11.3 Å². The molecule has 4 heterocycles. The minimum Gasteiger partial charge on any atom is -0.388 e. The molecular formula is C17H16N8OS. The summed E-state index contributed by atoms with van der Waals surface area (Å²) >= 11 is 1.41. The maximum Gasteiger partial charge on any atom is 0.228 e. The van der Waals surface area contributed by atoms with Crippen LogP contribution in [0.15, 0.2) is 46.8 Å². The van der Waals surface area contributed by atoms with Gasteiger partial charge in [-0.15, -0.1) is 10.2 Å². The van der Waals surface area contributed by atoms with Crippen molar-refractivity contribution in [2.24, 2.45) is 5.92 Å². The Bertz CT molecular complexity index is 1160. The van der Waals surface area contributed by atoms with E-state index in [0.717, 1.165) is 34.4 Å². The topological polar surface area (TPSA) is 102 Å². The standard InChI is InChI=1S/C17H16N8OS/c1-18-11-6-7-24-14(8-11)21-22-17(24)27-15-5-4-13-19-12(9-25(13)23-15)20-16(26)10-2-3-10/h4-10,18H,2-3H2,1H3,(H,20,26). The lowest BCUT2D eigenvalue weighted by molar-refractivity contribution is -0.117. The zero-order valence-electron chi connectivity index (χ0n) is 14.5. The van der Waals surface area contributed by atoms with Crippen molar-refractivity contribution in [1.82, 2.24) is 29.2 Å². The van der Waals surface area contributed by atoms with Crippen LogP contribution in [0.4, 0.5) is 11.5 Å². The van der Waals surface area contributed by atoms with Crippen molar-refractivity contribution in [3.05, 3.63) is 36.7 Å². The molecule has 1 aliphatic rings. The van der Waals surface area contributed by atoms with Gasteiger partial charge in [-0.05, 0) is 42.8 Å². The second-order valence-electron chi connectivity index (χ2n) is 6.34. The Labute approximate surface area is 158 Å². The van der Waals surface area contributed by atoms with Crippen molar-refractivity contribution in [3.63, 3.8) is 0 Å². The van der Waals surface area contributed by atoms with Gasteiger partial charge < -0.3 is 10.6 Å². The van der Waals surface area contributed by atoms with E-state index in [0.29, 0.717) is 11.5 Å². The van der Waals surface area contributed by atoms with Gasteiger partial charge in [0.2, 0.25) is 11.1 Å². The molecule has 1 fully saturated rings. The van der Waals surface area contributed by atoms with Crippen molar-refractivity contribution in [2.45, 2.75) is 23.0 Å². The van der Waals surface area contributed by atoms with Gasteiger partial charge in [-0.2, -0.15) is 5.10 Å². The Morgan fingerprint density at radius 3 is 2.93 bits per heavy atom. The van der Waals surface area contributed by atoms with Crippen LogP contribution in [0.2, 0.25) is 0 Å². The first-order valence-corrected chi connectivity index (χ1v) is 9.39. The second-order valence-corrected chi connectivity index (χ2v) is 7.33. The number of aromatic nitrogens is 6. The van der Waals surface area contributed by atoms with E-state index in [1.54, 1.807) is 10.7 Å². The average molecular weight is 380 g/mol. The highest BCUT2D eigenvalue weighted by Gasteiger charge is 2.30. The van der Waals surface area contributed by atoms with Crippen LogP contribution in [0.1, 0.15) is 12.8 Å². The molecule has 2 N–H and O–H groups in total. The highest BCUT2D eigenvalue weighted by Crippen LogP contribution is 2.30. The number of carbonyl (C=O) groups excluding carboxylic acids is 1. The number of pyridine rings is 1. The van der Waals surface area contributed by atoms with Gasteiger partial charge in [-0.25, -0.2) is 9.50 Å². The maximum absolute atomic E-state index is 11.9. The van der Waals surface area contributed by atoms with Crippen molar-refractivity contribution >= 4 is 40.5 Å². The molecule has 4 aromatic rings. The average Bonchev–Trinajstić information content (AvgIpc) is 3.35. The largest absolute Gasteiger partial charge is 0.388 e. The fourth-order valence-corrected chi connectivity index (χ4v) is 3.53. The van der Waals surface area contributed by atoms with E-state index in [1.807, 2.05) is 41.9 Å². The predicted molar refractivity (Wildman–Crippen MR) is 101 cm³/mol. The Balaban J connectivity index is 1.40. The Hall–Kier alpha value is -3.14. The molecule has 0 aromatic carbocycles. The second kappa shape index (κ2) is 6.23. The fourth-order valence-electron chi connectivity index (χ4n) is 2.74. The molecule has 0 unspecified atom stereocenters. The van der Waals surface area contributed by atoms with Crippen LogP contribution in [-0.4, -0.2) is 42.2 Å². The summed E-state index contributed by atoms with van der Waals surface area (Å²) in [6.45, 7) is 0. The number of anilines is 2. The predicted octanol–water partition coefficient (Wildman–Crippen LogP) is 2.31. The zero-order chi connectivity index (χ0) is 18.4. The highest BCUT2D eigenvalue weighted by atomic mass is 32.2. The summed E-state index contributed by atoms with van der Waals surface area (Å²) in [7, 11) is 1.86. The molecule has 0 saturated heterocycles. The Kier molecular flexibility index (Phi) is 3.71. The monoisotopic (exact) mass is 380 g/mol. The molecule has 136 valence electrons. The summed E-state index contributed by atoms with van der Waals surface area (Å²) in [6.07, 6.45) is 5.56. The molecule has 0 atom stereocenters. The number of rotatable bonds is 5. The lowest BCUT2D eigenvalue weighted by atomic mass is 10.4. The lowest BCUT2D eigenvalue weighted by Gasteiger charge is -2.02. The summed E-state index contributed by atoms with van der Waals surface area (Å²) in [5.74, 6) is 0.691.